The fourth-order valence-corrected chi connectivity index (χ4v) is 14.5. The summed E-state index contributed by atoms with van der Waals surface area (Å²) in [6, 6.07) is 52.9. The maximum atomic E-state index is 12.1. The normalized spacial score (nSPS) is 12.5. The van der Waals surface area contributed by atoms with Crippen LogP contribution in [0, 0.1) is 52.2 Å². The van der Waals surface area contributed by atoms with Crippen molar-refractivity contribution in [3.8, 4) is 24.3 Å². The number of carbonyl (C=O) groups is 3. The number of aliphatic hydroxyl groups excluding tert-OH is 1. The van der Waals surface area contributed by atoms with E-state index in [9.17, 15) is 22.8 Å². The van der Waals surface area contributed by atoms with Gasteiger partial charge in [0.1, 0.15) is 11.2 Å². The Hall–Kier alpha value is -10.9. The summed E-state index contributed by atoms with van der Waals surface area (Å²) in [5.74, 6) is -0.121. The Morgan fingerprint density at radius 3 is 1.39 bits per heavy atom. The summed E-state index contributed by atoms with van der Waals surface area (Å²) in [6.45, 7) is 15.7. The number of primary amides is 2. The molecule has 0 bridgehead atoms. The number of furan rings is 2. The monoisotopic (exact) mass is 1590 g/mol. The van der Waals surface area contributed by atoms with Gasteiger partial charge in [0.15, 0.2) is 17.3 Å². The molecule has 0 unspecified atom stereocenters. The molecule has 0 aliphatic carbocycles. The Labute approximate surface area is 701 Å². The van der Waals surface area contributed by atoms with Crippen molar-refractivity contribution in [2.45, 2.75) is 103 Å². The van der Waals surface area contributed by atoms with Gasteiger partial charge in [-0.2, -0.15) is 29.5 Å². The first kappa shape index (κ1) is 89.6. The first-order valence-electron chi connectivity index (χ1n) is 38.1. The number of benzene rings is 7. The Morgan fingerprint density at radius 1 is 0.539 bits per heavy atom. The number of hydrogen-bond acceptors (Lipinski definition) is 17. The molecule has 15 rings (SSSR count). The molecule has 115 heavy (non-hydrogen) atoms. The van der Waals surface area contributed by atoms with Gasteiger partial charge in [0.2, 0.25) is 0 Å². The van der Waals surface area contributed by atoms with E-state index in [1.807, 2.05) is 104 Å². The number of aromatic amines is 4. The number of Topliss-reactive ketones (excluding diaryl/α,β-unsaturated/α-hetero) is 1. The maximum Gasteiger partial charge on any atom is 1.00 e. The number of carbonyl (C=O) groups excluding carboxylic acids is 3. The Balaban J connectivity index is 0.000000203. The Morgan fingerprint density at radius 2 is 0.957 bits per heavy atom. The molecule has 0 saturated carbocycles. The molecule has 2 fully saturated rings. The van der Waals surface area contributed by atoms with E-state index in [1.54, 1.807) is 60.8 Å². The van der Waals surface area contributed by atoms with Gasteiger partial charge in [0.05, 0.1) is 58.0 Å². The van der Waals surface area contributed by atoms with Gasteiger partial charge in [-0.15, -0.1) is 11.6 Å². The maximum absolute atomic E-state index is 12.1. The van der Waals surface area contributed by atoms with Gasteiger partial charge >= 0.3 is 29.6 Å². The number of H-pyrrole nitrogens is 4. The number of aromatic nitrogens is 4. The predicted octanol–water partition coefficient (Wildman–Crippen LogP) is 12.8. The predicted molar refractivity (Wildman–Crippen MR) is 453 cm³/mol. The number of aliphatic hydroxyl groups is 1. The van der Waals surface area contributed by atoms with Crippen molar-refractivity contribution < 1.29 is 71.9 Å². The number of nitrogens with zero attached hydrogens (tertiary/aromatic N) is 7. The zero-order valence-corrected chi connectivity index (χ0v) is 69.1. The molecule has 3 radical (unpaired) electrons. The number of alkyl halides is 1. The molecule has 7 aromatic carbocycles. The molecule has 23 nitrogen and oxygen atoms in total. The van der Waals surface area contributed by atoms with E-state index < -0.39 is 21.9 Å². The first-order valence-corrected chi connectivity index (χ1v) is 40.1. The molecule has 2 aliphatic heterocycles. The zero-order valence-electron chi connectivity index (χ0n) is 66.5. The topological polar surface area (TPSA) is 373 Å². The Bertz CT molecular complexity index is 5700. The molecule has 8 heterocycles. The molecule has 2 amide bonds. The third-order valence-corrected chi connectivity index (χ3v) is 21.1. The van der Waals surface area contributed by atoms with Crippen LogP contribution in [0.15, 0.2) is 184 Å². The third kappa shape index (κ3) is 24.8. The molecule has 10 N–H and O–H groups in total. The number of nitriles is 4. The second-order valence-electron chi connectivity index (χ2n) is 27.7. The van der Waals surface area contributed by atoms with Crippen molar-refractivity contribution in [2.75, 3.05) is 87.8 Å². The van der Waals surface area contributed by atoms with E-state index in [4.69, 9.17) is 62.2 Å². The van der Waals surface area contributed by atoms with Gasteiger partial charge in [0, 0.05) is 176 Å². The quantitative estimate of drug-likeness (QED) is 0.00916. The van der Waals surface area contributed by atoms with Crippen LogP contribution in [0.1, 0.15) is 149 Å². The van der Waals surface area contributed by atoms with Gasteiger partial charge in [0.25, 0.3) is 21.9 Å². The molecular formula is C88H96BClN14NaO9S. The fourth-order valence-electron chi connectivity index (χ4n) is 13.4. The van der Waals surface area contributed by atoms with Gasteiger partial charge in [-0.25, -0.2) is 0 Å². The number of hydrogen-bond donors (Lipinski definition) is 8. The van der Waals surface area contributed by atoms with Crippen molar-refractivity contribution in [1.29, 1.82) is 21.0 Å². The van der Waals surface area contributed by atoms with Crippen LogP contribution in [0.25, 0.3) is 65.6 Å². The summed E-state index contributed by atoms with van der Waals surface area (Å²) in [5.41, 5.74) is 26.1. The van der Waals surface area contributed by atoms with E-state index in [0.29, 0.717) is 64.1 Å². The largest absolute Gasteiger partial charge is 1.00 e. The smallest absolute Gasteiger partial charge is 1.00 e. The van der Waals surface area contributed by atoms with E-state index in [1.165, 1.54) is 22.9 Å². The summed E-state index contributed by atoms with van der Waals surface area (Å²) >= 11 is 5.57. The number of rotatable bonds is 24. The minimum Gasteiger partial charge on any atom is -1.00 e. The number of nitrogens with one attached hydrogen (secondary N) is 5. The number of nitrogens with two attached hydrogens (primary N) is 2. The summed E-state index contributed by atoms with van der Waals surface area (Å²) in [6.07, 6.45) is 18.3. The van der Waals surface area contributed by atoms with Gasteiger partial charge in [-0.1, -0.05) is 38.0 Å². The van der Waals surface area contributed by atoms with E-state index >= 15 is 0 Å². The fraction of sp³-hybridized carbons (Fsp3) is 0.307. The molecule has 2 saturated heterocycles. The minimum atomic E-state index is -3.70. The third-order valence-electron chi connectivity index (χ3n) is 19.5. The van der Waals surface area contributed by atoms with Crippen molar-refractivity contribution in [3.63, 3.8) is 0 Å². The van der Waals surface area contributed by atoms with Crippen molar-refractivity contribution in [2.24, 2.45) is 11.5 Å². The average molecular weight is 1600 g/mol. The van der Waals surface area contributed by atoms with Crippen LogP contribution < -0.4 is 56.1 Å². The van der Waals surface area contributed by atoms with Crippen LogP contribution in [0.5, 0.6) is 0 Å². The molecule has 0 spiro atoms. The van der Waals surface area contributed by atoms with Crippen LogP contribution in [-0.2, 0) is 33.6 Å². The van der Waals surface area contributed by atoms with Gasteiger partial charge in [-0.05, 0) is 228 Å². The molecule has 0 atom stereocenters. The summed E-state index contributed by atoms with van der Waals surface area (Å²) in [7, 11) is -3.70. The average Bonchev–Trinajstić information content (AvgIpc) is 1.64. The van der Waals surface area contributed by atoms with Crippen molar-refractivity contribution in [3.05, 3.63) is 232 Å². The number of aryl methyl sites for hydroxylation is 4. The number of halogens is 1. The molecule has 6 aromatic heterocycles. The number of amides is 2. The molecular weight excluding hydrogens is 1500 g/mol. The molecule has 2 aliphatic rings. The van der Waals surface area contributed by atoms with Crippen LogP contribution in [0.3, 0.4) is 0 Å². The van der Waals surface area contributed by atoms with Crippen molar-refractivity contribution in [1.82, 2.24) is 30.2 Å². The first-order chi connectivity index (χ1) is 54.8. The van der Waals surface area contributed by atoms with Crippen LogP contribution in [0.2, 0.25) is 0 Å². The summed E-state index contributed by atoms with van der Waals surface area (Å²) in [5, 5.41) is 53.9. The van der Waals surface area contributed by atoms with Gasteiger partial charge in [-0.3, -0.25) is 23.5 Å². The molecule has 27 heteroatoms. The standard InChI is InChI=1S/C26H27N5O2.C20H20N2O3S.C13H11ClN2O.C13H15N3O2.C13H14N2O.C3H8.B.Na.H/c27-16-18-4-6-23-22(13-18)19(17-29-23)3-1-2-8-30-9-11-31(12-10-30)21-5-7-24-20(14-21)15-25(33-24)26(28)32;1-15-5-8-18(9-6-15)26(23,24)25-11-3-2-4-17-14-22-20-10-7-16(13-21)12-19(17)20;14-5-1-2-13(17)11-8-16-12-4-3-9(7-15)6-10(11)12;14-13(17)12-8-9-7-10(1-2-11(9)18-12)16-5-3-15-4-6-16;14-8-10-4-5-13-12(7-10)11(9-15-13)3-1-2-6-16;1-3-2;;;/h4-7,13-15,17,29H,1-3,8-12H2,(H2,28,32);5-10,12,14,22H,2-4,11H2,1H3;3-4,6,8,16H,1-2,5H2;1-2,7-8,15H,3-6H2,(H2,14,17);4-5,7,9,15-16H,1-3,6H2;3H2,1-2H3;;;/q;;;;;;;+1;-1. The van der Waals surface area contributed by atoms with Gasteiger partial charge < -0.3 is 61.9 Å². The minimum absolute atomic E-state index is 0. The van der Waals surface area contributed by atoms with Crippen LogP contribution in [0.4, 0.5) is 11.4 Å². The number of fused-ring (bicyclic) bond motifs is 6. The second-order valence-corrected chi connectivity index (χ2v) is 29.7. The van der Waals surface area contributed by atoms with Crippen LogP contribution >= 0.6 is 11.6 Å². The van der Waals surface area contributed by atoms with E-state index in [2.05, 4.69) is 90.3 Å². The van der Waals surface area contributed by atoms with Crippen molar-refractivity contribution >= 4 is 125 Å². The van der Waals surface area contributed by atoms with E-state index in [-0.39, 0.29) is 74.8 Å². The summed E-state index contributed by atoms with van der Waals surface area (Å²) < 4.78 is 40.2. The molecule has 13 aromatic rings. The second kappa shape index (κ2) is 44.7. The number of ketones is 1. The van der Waals surface area contributed by atoms with Crippen LogP contribution in [-0.4, -0.2) is 142 Å². The number of piperazine rings is 2. The summed E-state index contributed by atoms with van der Waals surface area (Å²) in [4.78, 5) is 54.5. The Kier molecular flexibility index (Phi) is 34.8. The SMILES string of the molecule is CCC.Cc1ccc(S(=O)(=O)OCCCCc2c[nH]c3ccc(C#N)cc23)cc1.N#Cc1ccc2[nH]cc(C(=O)CCCCl)c2c1.N#Cc1ccc2[nH]cc(CCCCN3CCN(c4ccc5oc(C(N)=O)cc5c4)CC3)c2c1.N#Cc1ccc2[nH]cc(CCCCO)c2c1.NC(=O)c1cc2cc(N3CCNCC3)ccc2o1.[B].[H-].[Na+]. The van der Waals surface area contributed by atoms with E-state index in [0.717, 1.165) is 182 Å². The zero-order chi connectivity index (χ0) is 80.2. The number of anilines is 2. The molecule has 589 valence electrons. The number of unbranched alkanes of at least 4 members (excludes halogenated alkanes) is 3.